The molecule has 1 aliphatic rings. The summed E-state index contributed by atoms with van der Waals surface area (Å²) in [5.74, 6) is -0.264. The highest BCUT2D eigenvalue weighted by Gasteiger charge is 2.17. The lowest BCUT2D eigenvalue weighted by Crippen LogP contribution is -2.22. The van der Waals surface area contributed by atoms with E-state index in [1.165, 1.54) is 12.1 Å². The van der Waals surface area contributed by atoms with Crippen LogP contribution in [0.2, 0.25) is 0 Å². The Morgan fingerprint density at radius 1 is 1.29 bits per heavy atom. The summed E-state index contributed by atoms with van der Waals surface area (Å²) in [4.78, 5) is 0. The largest absolute Gasteiger partial charge is 0.373 e. The molecule has 0 atom stereocenters. The fourth-order valence-corrected chi connectivity index (χ4v) is 1.99. The molecule has 0 saturated carbocycles. The first kappa shape index (κ1) is 10.5. The summed E-state index contributed by atoms with van der Waals surface area (Å²) in [6, 6.07) is 6.18. The molecule has 0 unspecified atom stereocenters. The van der Waals surface area contributed by atoms with E-state index in [1.807, 2.05) is 4.68 Å². The van der Waals surface area contributed by atoms with E-state index < -0.39 is 0 Å². The predicted octanol–water partition coefficient (Wildman–Crippen LogP) is 1.01. The van der Waals surface area contributed by atoms with Crippen molar-refractivity contribution in [3.8, 4) is 11.3 Å². The lowest BCUT2D eigenvalue weighted by atomic mass is 9.90. The van der Waals surface area contributed by atoms with Crippen LogP contribution < -0.4 is 5.46 Å². The minimum absolute atomic E-state index is 0.264. The monoisotopic (exact) mass is 228 g/mol. The van der Waals surface area contributed by atoms with E-state index in [0.29, 0.717) is 30.9 Å². The van der Waals surface area contributed by atoms with Crippen LogP contribution in [0.3, 0.4) is 0 Å². The molecular weight excluding hydrogens is 218 g/mol. The predicted molar refractivity (Wildman–Crippen MR) is 62.7 cm³/mol. The number of halogens is 1. The number of fused-ring (bicyclic) bond motifs is 1. The Morgan fingerprint density at radius 3 is 2.76 bits per heavy atom. The highest BCUT2D eigenvalue weighted by atomic mass is 19.1. The molecule has 2 heterocycles. The van der Waals surface area contributed by atoms with Gasteiger partial charge in [0.1, 0.15) is 13.7 Å². The van der Waals surface area contributed by atoms with E-state index in [0.717, 1.165) is 11.3 Å². The summed E-state index contributed by atoms with van der Waals surface area (Å²) >= 11 is 0. The SMILES string of the molecule is [B]c1c(-c2ccc(F)cc2)nn2c1COCC2. The zero-order chi connectivity index (χ0) is 11.8. The Bertz CT molecular complexity index is 550. The summed E-state index contributed by atoms with van der Waals surface area (Å²) in [5.41, 5.74) is 3.04. The third-order valence-electron chi connectivity index (χ3n) is 2.90. The first-order valence-corrected chi connectivity index (χ1v) is 5.44. The zero-order valence-electron chi connectivity index (χ0n) is 9.19. The Hall–Kier alpha value is -1.62. The van der Waals surface area contributed by atoms with Gasteiger partial charge in [0, 0.05) is 5.56 Å². The molecule has 0 spiro atoms. The topological polar surface area (TPSA) is 27.1 Å². The molecule has 2 aromatic rings. The molecule has 1 aromatic carbocycles. The first-order valence-electron chi connectivity index (χ1n) is 5.44. The summed E-state index contributed by atoms with van der Waals surface area (Å²) in [6.45, 7) is 1.84. The second kappa shape index (κ2) is 4.00. The summed E-state index contributed by atoms with van der Waals surface area (Å²) in [5, 5.41) is 4.44. The molecule has 3 rings (SSSR count). The molecule has 0 bridgehead atoms. The fourth-order valence-electron chi connectivity index (χ4n) is 1.99. The first-order chi connectivity index (χ1) is 8.25. The lowest BCUT2D eigenvalue weighted by Gasteiger charge is -2.14. The van der Waals surface area contributed by atoms with Crippen molar-refractivity contribution in [2.45, 2.75) is 13.2 Å². The molecule has 0 N–H and O–H groups in total. The van der Waals surface area contributed by atoms with E-state index >= 15 is 0 Å². The van der Waals surface area contributed by atoms with Gasteiger partial charge in [-0.15, -0.1) is 0 Å². The third-order valence-corrected chi connectivity index (χ3v) is 2.90. The van der Waals surface area contributed by atoms with Crippen molar-refractivity contribution in [2.24, 2.45) is 0 Å². The molecule has 17 heavy (non-hydrogen) atoms. The average molecular weight is 228 g/mol. The van der Waals surface area contributed by atoms with E-state index in [1.54, 1.807) is 12.1 Å². The standard InChI is InChI=1S/C12H10BFN2O/c13-11-10-7-17-6-5-16(10)15-12(11)8-1-3-9(14)4-2-8/h1-4H,5-7H2. The molecule has 2 radical (unpaired) electrons. The number of rotatable bonds is 1. The highest BCUT2D eigenvalue weighted by molar-refractivity contribution is 6.36. The van der Waals surface area contributed by atoms with E-state index in [9.17, 15) is 4.39 Å². The van der Waals surface area contributed by atoms with Crippen LogP contribution in [0.15, 0.2) is 24.3 Å². The third kappa shape index (κ3) is 1.76. The second-order valence-electron chi connectivity index (χ2n) is 3.99. The zero-order valence-corrected chi connectivity index (χ0v) is 9.19. The number of hydrogen-bond acceptors (Lipinski definition) is 2. The van der Waals surface area contributed by atoms with Gasteiger partial charge in [-0.05, 0) is 29.7 Å². The van der Waals surface area contributed by atoms with Crippen molar-refractivity contribution in [1.82, 2.24) is 9.78 Å². The Kier molecular flexibility index (Phi) is 2.48. The molecular formula is C12H10BFN2O. The van der Waals surface area contributed by atoms with Crippen molar-refractivity contribution in [1.29, 1.82) is 0 Å². The average Bonchev–Trinajstić information content (AvgIpc) is 2.69. The Balaban J connectivity index is 2.09. The van der Waals surface area contributed by atoms with Crippen LogP contribution in [0.4, 0.5) is 4.39 Å². The van der Waals surface area contributed by atoms with Crippen LogP contribution >= 0.6 is 0 Å². The van der Waals surface area contributed by atoms with E-state index in [-0.39, 0.29) is 5.82 Å². The molecule has 84 valence electrons. The summed E-state index contributed by atoms with van der Waals surface area (Å²) in [6.07, 6.45) is 0. The number of nitrogens with zero attached hydrogens (tertiary/aromatic N) is 2. The van der Waals surface area contributed by atoms with Gasteiger partial charge in [0.15, 0.2) is 0 Å². The van der Waals surface area contributed by atoms with Crippen molar-refractivity contribution in [3.63, 3.8) is 0 Å². The van der Waals surface area contributed by atoms with Gasteiger partial charge in [-0.2, -0.15) is 5.10 Å². The maximum Gasteiger partial charge on any atom is 0.123 e. The van der Waals surface area contributed by atoms with E-state index in [4.69, 9.17) is 12.6 Å². The van der Waals surface area contributed by atoms with Gasteiger partial charge < -0.3 is 4.74 Å². The number of hydrogen-bond donors (Lipinski definition) is 0. The van der Waals surface area contributed by atoms with Crippen LogP contribution in [0.1, 0.15) is 5.69 Å². The summed E-state index contributed by atoms with van der Waals surface area (Å²) < 4.78 is 20.1. The van der Waals surface area contributed by atoms with Gasteiger partial charge in [-0.3, -0.25) is 4.68 Å². The van der Waals surface area contributed by atoms with Crippen molar-refractivity contribution in [2.75, 3.05) is 6.61 Å². The minimum atomic E-state index is -0.264. The maximum atomic E-state index is 12.9. The van der Waals surface area contributed by atoms with Gasteiger partial charge in [0.05, 0.1) is 31.1 Å². The van der Waals surface area contributed by atoms with E-state index in [2.05, 4.69) is 5.10 Å². The van der Waals surface area contributed by atoms with Crippen LogP contribution in [0, 0.1) is 5.82 Å². The van der Waals surface area contributed by atoms with Gasteiger partial charge in [0.2, 0.25) is 0 Å². The minimum Gasteiger partial charge on any atom is -0.373 e. The molecule has 5 heteroatoms. The van der Waals surface area contributed by atoms with Crippen LogP contribution in [-0.4, -0.2) is 24.2 Å². The van der Waals surface area contributed by atoms with Crippen molar-refractivity contribution < 1.29 is 9.13 Å². The number of ether oxygens (including phenoxy) is 1. The lowest BCUT2D eigenvalue weighted by molar-refractivity contribution is 0.0808. The molecule has 1 aromatic heterocycles. The van der Waals surface area contributed by atoms with Crippen LogP contribution in [0.5, 0.6) is 0 Å². The van der Waals surface area contributed by atoms with Crippen LogP contribution in [0.25, 0.3) is 11.3 Å². The number of benzene rings is 1. The van der Waals surface area contributed by atoms with Crippen LogP contribution in [-0.2, 0) is 17.9 Å². The molecule has 3 nitrogen and oxygen atoms in total. The van der Waals surface area contributed by atoms with Gasteiger partial charge in [0.25, 0.3) is 0 Å². The fraction of sp³-hybridized carbons (Fsp3) is 0.250. The molecule has 1 aliphatic heterocycles. The maximum absolute atomic E-state index is 12.9. The second-order valence-corrected chi connectivity index (χ2v) is 3.99. The van der Waals surface area contributed by atoms with Crippen molar-refractivity contribution in [3.05, 3.63) is 35.8 Å². The Labute approximate surface area is 99.6 Å². The normalized spacial score (nSPS) is 14.6. The smallest absolute Gasteiger partial charge is 0.123 e. The molecule has 0 amide bonds. The van der Waals surface area contributed by atoms with Crippen molar-refractivity contribution >= 4 is 13.3 Å². The van der Waals surface area contributed by atoms with Gasteiger partial charge in [-0.1, -0.05) is 0 Å². The Morgan fingerprint density at radius 2 is 2.06 bits per heavy atom. The molecule has 0 saturated heterocycles. The quantitative estimate of drug-likeness (QED) is 0.681. The van der Waals surface area contributed by atoms with Gasteiger partial charge in [-0.25, -0.2) is 4.39 Å². The molecule has 0 aliphatic carbocycles. The summed E-state index contributed by atoms with van der Waals surface area (Å²) in [7, 11) is 6.04. The number of aromatic nitrogens is 2. The van der Waals surface area contributed by atoms with Gasteiger partial charge >= 0.3 is 0 Å². The highest BCUT2D eigenvalue weighted by Crippen LogP contribution is 2.18. The molecule has 0 fully saturated rings.